The first-order valence-corrected chi connectivity index (χ1v) is 7.47. The zero-order valence-electron chi connectivity index (χ0n) is 12.7. The Morgan fingerprint density at radius 2 is 1.33 bits per heavy atom. The molecule has 0 spiro atoms. The quantitative estimate of drug-likeness (QED) is 0.771. The van der Waals surface area contributed by atoms with Gasteiger partial charge in [0.2, 0.25) is 0 Å². The van der Waals surface area contributed by atoms with Gasteiger partial charge in [-0.25, -0.2) is 0 Å². The van der Waals surface area contributed by atoms with Gasteiger partial charge in [0.05, 0.1) is 0 Å². The minimum absolute atomic E-state index is 0.581. The monoisotopic (exact) mass is 248 g/mol. The van der Waals surface area contributed by atoms with E-state index < -0.39 is 0 Å². The van der Waals surface area contributed by atoms with Crippen LogP contribution >= 0.6 is 0 Å². The van der Waals surface area contributed by atoms with Gasteiger partial charge in [-0.15, -0.1) is 0 Å². The van der Waals surface area contributed by atoms with Crippen molar-refractivity contribution < 1.29 is 5.11 Å². The highest BCUT2D eigenvalue weighted by molar-refractivity contribution is 5.55. The van der Waals surface area contributed by atoms with Crippen LogP contribution in [0.5, 0.6) is 5.75 Å². The lowest BCUT2D eigenvalue weighted by atomic mass is 9.86. The molecule has 18 heavy (non-hydrogen) atoms. The van der Waals surface area contributed by atoms with E-state index in [0.717, 1.165) is 32.1 Å². The Bertz CT molecular complexity index is 374. The van der Waals surface area contributed by atoms with Crippen molar-refractivity contribution >= 4 is 0 Å². The minimum atomic E-state index is 0.581. The van der Waals surface area contributed by atoms with E-state index >= 15 is 0 Å². The maximum atomic E-state index is 10.5. The van der Waals surface area contributed by atoms with E-state index in [1.165, 1.54) is 34.2 Å². The van der Waals surface area contributed by atoms with Crippen molar-refractivity contribution in [2.45, 2.75) is 73.1 Å². The molecule has 1 N–H and O–H groups in total. The highest BCUT2D eigenvalue weighted by Crippen LogP contribution is 2.35. The SMILES string of the molecule is CCCCc1c(C)c(CC)c(CC)c(CC)c1O. The average Bonchev–Trinajstić information content (AvgIpc) is 2.38. The number of benzene rings is 1. The third-order valence-electron chi connectivity index (χ3n) is 4.05. The van der Waals surface area contributed by atoms with Gasteiger partial charge < -0.3 is 5.11 Å². The summed E-state index contributed by atoms with van der Waals surface area (Å²) in [6.07, 6.45) is 6.37. The van der Waals surface area contributed by atoms with E-state index in [0.29, 0.717) is 5.75 Å². The third kappa shape index (κ3) is 2.71. The molecule has 102 valence electrons. The van der Waals surface area contributed by atoms with Gasteiger partial charge in [-0.05, 0) is 66.8 Å². The predicted molar refractivity (Wildman–Crippen MR) is 79.6 cm³/mol. The molecule has 0 atom stereocenters. The van der Waals surface area contributed by atoms with Crippen LogP contribution in [0.3, 0.4) is 0 Å². The van der Waals surface area contributed by atoms with E-state index in [9.17, 15) is 5.11 Å². The summed E-state index contributed by atoms with van der Waals surface area (Å²) in [5, 5.41) is 10.5. The largest absolute Gasteiger partial charge is 0.507 e. The smallest absolute Gasteiger partial charge is 0.122 e. The first-order valence-electron chi connectivity index (χ1n) is 7.47. The van der Waals surface area contributed by atoms with Crippen LogP contribution in [0.25, 0.3) is 0 Å². The van der Waals surface area contributed by atoms with Gasteiger partial charge in [0.15, 0.2) is 0 Å². The molecule has 0 aliphatic heterocycles. The van der Waals surface area contributed by atoms with Crippen molar-refractivity contribution in [1.82, 2.24) is 0 Å². The van der Waals surface area contributed by atoms with Crippen molar-refractivity contribution in [2.24, 2.45) is 0 Å². The summed E-state index contributed by atoms with van der Waals surface area (Å²) in [4.78, 5) is 0. The molecular weight excluding hydrogens is 220 g/mol. The zero-order valence-corrected chi connectivity index (χ0v) is 12.7. The van der Waals surface area contributed by atoms with Crippen LogP contribution in [-0.2, 0) is 25.7 Å². The fraction of sp³-hybridized carbons (Fsp3) is 0.647. The molecule has 1 aromatic carbocycles. The van der Waals surface area contributed by atoms with Crippen LogP contribution in [0.4, 0.5) is 0 Å². The lowest BCUT2D eigenvalue weighted by Crippen LogP contribution is -2.06. The van der Waals surface area contributed by atoms with Crippen molar-refractivity contribution in [3.05, 3.63) is 27.8 Å². The van der Waals surface area contributed by atoms with E-state index in [1.807, 2.05) is 0 Å². The Balaban J connectivity index is 3.43. The molecule has 0 aliphatic carbocycles. The molecule has 0 saturated heterocycles. The molecule has 1 heteroatoms. The lowest BCUT2D eigenvalue weighted by Gasteiger charge is -2.21. The average molecular weight is 248 g/mol. The molecule has 1 aromatic rings. The van der Waals surface area contributed by atoms with Crippen LogP contribution in [0.15, 0.2) is 0 Å². The zero-order chi connectivity index (χ0) is 13.7. The number of aromatic hydroxyl groups is 1. The van der Waals surface area contributed by atoms with Crippen LogP contribution < -0.4 is 0 Å². The Hall–Kier alpha value is -0.980. The lowest BCUT2D eigenvalue weighted by molar-refractivity contribution is 0.458. The number of unbranched alkanes of at least 4 members (excludes halogenated alkanes) is 1. The molecule has 0 fully saturated rings. The molecule has 0 amide bonds. The summed E-state index contributed by atoms with van der Waals surface area (Å²) in [6, 6.07) is 0. The van der Waals surface area contributed by atoms with Gasteiger partial charge in [-0.3, -0.25) is 0 Å². The predicted octanol–water partition coefficient (Wildman–Crippen LogP) is 4.73. The van der Waals surface area contributed by atoms with E-state index in [-0.39, 0.29) is 0 Å². The fourth-order valence-corrected chi connectivity index (χ4v) is 3.04. The second kappa shape index (κ2) is 6.82. The third-order valence-corrected chi connectivity index (χ3v) is 4.05. The highest BCUT2D eigenvalue weighted by atomic mass is 16.3. The Morgan fingerprint density at radius 1 is 0.778 bits per heavy atom. The van der Waals surface area contributed by atoms with Gasteiger partial charge >= 0.3 is 0 Å². The second-order valence-corrected chi connectivity index (χ2v) is 5.05. The van der Waals surface area contributed by atoms with Crippen LogP contribution in [0.1, 0.15) is 68.4 Å². The van der Waals surface area contributed by atoms with Gasteiger partial charge in [-0.1, -0.05) is 34.1 Å². The summed E-state index contributed by atoms with van der Waals surface area (Å²) < 4.78 is 0. The molecule has 1 rings (SSSR count). The molecule has 0 saturated carbocycles. The Morgan fingerprint density at radius 3 is 1.78 bits per heavy atom. The molecule has 0 aliphatic rings. The van der Waals surface area contributed by atoms with E-state index in [1.54, 1.807) is 0 Å². The van der Waals surface area contributed by atoms with Crippen LogP contribution in [0.2, 0.25) is 0 Å². The highest BCUT2D eigenvalue weighted by Gasteiger charge is 2.18. The summed E-state index contributed by atoms with van der Waals surface area (Å²) in [5.74, 6) is 0.581. The molecular formula is C17H28O. The summed E-state index contributed by atoms with van der Waals surface area (Å²) in [5.41, 5.74) is 6.57. The van der Waals surface area contributed by atoms with Crippen molar-refractivity contribution in [2.75, 3.05) is 0 Å². The molecule has 0 heterocycles. The minimum Gasteiger partial charge on any atom is -0.507 e. The van der Waals surface area contributed by atoms with E-state index in [2.05, 4.69) is 34.6 Å². The van der Waals surface area contributed by atoms with Gasteiger partial charge in [0.1, 0.15) is 5.75 Å². The van der Waals surface area contributed by atoms with Gasteiger partial charge in [0, 0.05) is 0 Å². The Labute approximate surface area is 112 Å². The normalized spacial score (nSPS) is 10.9. The first kappa shape index (κ1) is 15.1. The van der Waals surface area contributed by atoms with Crippen molar-refractivity contribution in [1.29, 1.82) is 0 Å². The first-order chi connectivity index (χ1) is 8.62. The number of phenols is 1. The number of phenolic OH excluding ortho intramolecular Hbond substituents is 1. The summed E-state index contributed by atoms with van der Waals surface area (Å²) >= 11 is 0. The number of hydrogen-bond acceptors (Lipinski definition) is 1. The molecule has 1 nitrogen and oxygen atoms in total. The van der Waals surface area contributed by atoms with Crippen LogP contribution in [0, 0.1) is 6.92 Å². The maximum Gasteiger partial charge on any atom is 0.122 e. The molecule has 0 unspecified atom stereocenters. The van der Waals surface area contributed by atoms with Gasteiger partial charge in [-0.2, -0.15) is 0 Å². The summed E-state index contributed by atoms with van der Waals surface area (Å²) in [7, 11) is 0. The Kier molecular flexibility index (Phi) is 5.71. The fourth-order valence-electron chi connectivity index (χ4n) is 3.04. The van der Waals surface area contributed by atoms with Crippen molar-refractivity contribution in [3.63, 3.8) is 0 Å². The summed E-state index contributed by atoms with van der Waals surface area (Å²) in [6.45, 7) is 10.9. The molecule has 0 bridgehead atoms. The molecule has 0 radical (unpaired) electrons. The van der Waals surface area contributed by atoms with Crippen LogP contribution in [-0.4, -0.2) is 5.11 Å². The topological polar surface area (TPSA) is 20.2 Å². The number of rotatable bonds is 6. The van der Waals surface area contributed by atoms with Gasteiger partial charge in [0.25, 0.3) is 0 Å². The second-order valence-electron chi connectivity index (χ2n) is 5.05. The van der Waals surface area contributed by atoms with E-state index in [4.69, 9.17) is 0 Å². The van der Waals surface area contributed by atoms with Crippen molar-refractivity contribution in [3.8, 4) is 5.75 Å². The standard InChI is InChI=1S/C17H28O/c1-6-10-11-16-12(5)13(7-2)14(8-3)15(9-4)17(16)18/h18H,6-11H2,1-5H3. The number of hydrogen-bond donors (Lipinski definition) is 1. The molecule has 0 aromatic heterocycles. The maximum absolute atomic E-state index is 10.5.